The highest BCUT2D eigenvalue weighted by Crippen LogP contribution is 2.36. The van der Waals surface area contributed by atoms with Crippen molar-refractivity contribution in [1.29, 1.82) is 0 Å². The highest BCUT2D eigenvalue weighted by Gasteiger charge is 2.26. The summed E-state index contributed by atoms with van der Waals surface area (Å²) in [5.74, 6) is 0.936. The molecule has 0 bridgehead atoms. The number of carbonyl (C=O) groups is 2. The normalized spacial score (nSPS) is 14.1. The number of amides is 2. The Bertz CT molecular complexity index is 1040. The first-order valence-electron chi connectivity index (χ1n) is 11.4. The Hall–Kier alpha value is -3.14. The van der Waals surface area contributed by atoms with Crippen molar-refractivity contribution in [2.75, 3.05) is 22.9 Å². The van der Waals surface area contributed by atoms with E-state index in [1.807, 2.05) is 9.80 Å². The first-order valence-corrected chi connectivity index (χ1v) is 11.4. The third-order valence-corrected chi connectivity index (χ3v) is 6.20. The number of hydrogen-bond acceptors (Lipinski definition) is 2. The molecule has 0 radical (unpaired) electrons. The number of nitrogens with zero attached hydrogens (tertiary/aromatic N) is 2. The predicted octanol–water partition coefficient (Wildman–Crippen LogP) is 5.77. The maximum Gasteiger partial charge on any atom is 0.250 e. The molecule has 2 aliphatic heterocycles. The Labute approximate surface area is 192 Å². The number of rotatable bonds is 4. The van der Waals surface area contributed by atoms with Gasteiger partial charge in [-0.15, -0.1) is 0 Å². The van der Waals surface area contributed by atoms with Gasteiger partial charge in [-0.25, -0.2) is 0 Å². The minimum Gasteiger partial charge on any atom is -0.308 e. The molecule has 0 aliphatic carbocycles. The summed E-state index contributed by atoms with van der Waals surface area (Å²) < 4.78 is 0. The van der Waals surface area contributed by atoms with E-state index in [2.05, 4.69) is 77.3 Å². The van der Waals surface area contributed by atoms with Crippen LogP contribution in [0.5, 0.6) is 0 Å². The van der Waals surface area contributed by atoms with E-state index in [1.54, 1.807) is 0 Å². The van der Waals surface area contributed by atoms with Crippen molar-refractivity contribution in [2.45, 2.75) is 52.4 Å². The fourth-order valence-corrected chi connectivity index (χ4v) is 4.38. The molecule has 0 atom stereocenters. The number of hydrogen-bond donors (Lipinski definition) is 0. The molecule has 2 aliphatic rings. The fraction of sp³-hybridized carbons (Fsp3) is 0.357. The van der Waals surface area contributed by atoms with Gasteiger partial charge < -0.3 is 9.80 Å². The van der Waals surface area contributed by atoms with Gasteiger partial charge in [0.2, 0.25) is 11.8 Å². The largest absolute Gasteiger partial charge is 0.308 e. The lowest BCUT2D eigenvalue weighted by Gasteiger charge is -2.20. The number of carbonyl (C=O) groups excluding carboxylic acids is 2. The number of benzene rings is 2. The molecule has 2 heterocycles. The summed E-state index contributed by atoms with van der Waals surface area (Å²) in [5.41, 5.74) is 7.26. The van der Waals surface area contributed by atoms with Crippen LogP contribution < -0.4 is 9.80 Å². The Morgan fingerprint density at radius 3 is 2.09 bits per heavy atom. The van der Waals surface area contributed by atoms with Crippen LogP contribution >= 0.6 is 0 Å². The molecule has 0 N–H and O–H groups in total. The average molecular weight is 431 g/mol. The highest BCUT2D eigenvalue weighted by atomic mass is 16.2. The summed E-state index contributed by atoms with van der Waals surface area (Å²) in [6.07, 6.45) is 4.69. The molecule has 4 rings (SSSR count). The summed E-state index contributed by atoms with van der Waals surface area (Å²) in [6, 6.07) is 12.7. The van der Waals surface area contributed by atoms with E-state index in [1.165, 1.54) is 34.4 Å². The van der Waals surface area contributed by atoms with Crippen LogP contribution in [-0.2, 0) is 22.4 Å². The van der Waals surface area contributed by atoms with Crippen LogP contribution in [0.15, 0.2) is 61.7 Å². The minimum atomic E-state index is -0.000318. The molecule has 0 fully saturated rings. The van der Waals surface area contributed by atoms with Gasteiger partial charge in [0.15, 0.2) is 0 Å². The molecule has 2 amide bonds. The molecule has 4 nitrogen and oxygen atoms in total. The summed E-state index contributed by atoms with van der Waals surface area (Å²) >= 11 is 0. The molecular formula is C28H34N2O2. The van der Waals surface area contributed by atoms with E-state index in [0.717, 1.165) is 37.3 Å². The van der Waals surface area contributed by atoms with Gasteiger partial charge >= 0.3 is 0 Å². The number of para-hydroxylation sites is 1. The van der Waals surface area contributed by atoms with Gasteiger partial charge in [0, 0.05) is 18.8 Å². The van der Waals surface area contributed by atoms with Crippen LogP contribution in [0.25, 0.3) is 0 Å². The van der Waals surface area contributed by atoms with Crippen molar-refractivity contribution >= 4 is 23.2 Å². The molecule has 2 aromatic rings. The molecule has 4 heteroatoms. The zero-order chi connectivity index (χ0) is 23.4. The van der Waals surface area contributed by atoms with Crippen LogP contribution in [0.4, 0.5) is 11.4 Å². The maximum absolute atomic E-state index is 11.8. The molecule has 0 saturated carbocycles. The molecule has 2 aromatic carbocycles. The van der Waals surface area contributed by atoms with Crippen molar-refractivity contribution in [3.63, 3.8) is 0 Å². The summed E-state index contributed by atoms with van der Waals surface area (Å²) in [7, 11) is 0. The lowest BCUT2D eigenvalue weighted by atomic mass is 9.98. The first-order chi connectivity index (χ1) is 15.3. The molecule has 168 valence electrons. The van der Waals surface area contributed by atoms with E-state index in [-0.39, 0.29) is 11.8 Å². The Morgan fingerprint density at radius 1 is 0.844 bits per heavy atom. The second kappa shape index (κ2) is 9.99. The van der Waals surface area contributed by atoms with Crippen molar-refractivity contribution in [1.82, 2.24) is 0 Å². The second-order valence-corrected chi connectivity index (χ2v) is 8.94. The van der Waals surface area contributed by atoms with Gasteiger partial charge in [-0.1, -0.05) is 71.2 Å². The Kier molecular flexibility index (Phi) is 7.34. The third-order valence-electron chi connectivity index (χ3n) is 6.20. The van der Waals surface area contributed by atoms with Crippen LogP contribution in [-0.4, -0.2) is 24.9 Å². The SMILES string of the molecule is C=CC(=O)N1CCc2ccc(C(C)C)cc21.C=CC(=O)N1CCc2cccc(C(C)C)c21. The van der Waals surface area contributed by atoms with E-state index in [4.69, 9.17) is 0 Å². The third kappa shape index (κ3) is 4.69. The van der Waals surface area contributed by atoms with Crippen molar-refractivity contribution < 1.29 is 9.59 Å². The van der Waals surface area contributed by atoms with Crippen LogP contribution in [0.2, 0.25) is 0 Å². The van der Waals surface area contributed by atoms with Crippen LogP contribution in [0.3, 0.4) is 0 Å². The standard InChI is InChI=1S/2C14H17NO/c1-4-14(16)15-8-7-11-5-6-12(10(2)3)9-13(11)15;1-4-13(16)15-9-8-11-6-5-7-12(10(2)3)14(11)15/h4-6,9-10H,1,7-8H2,2-3H3;4-7,10H,1,8-9H2,2-3H3. The van der Waals surface area contributed by atoms with E-state index in [0.29, 0.717) is 11.8 Å². The van der Waals surface area contributed by atoms with E-state index >= 15 is 0 Å². The summed E-state index contributed by atoms with van der Waals surface area (Å²) in [4.78, 5) is 27.1. The molecule has 0 spiro atoms. The van der Waals surface area contributed by atoms with E-state index in [9.17, 15) is 9.59 Å². The average Bonchev–Trinajstić information content (AvgIpc) is 3.42. The minimum absolute atomic E-state index is 0.000318. The molecular weight excluding hydrogens is 396 g/mol. The van der Waals surface area contributed by atoms with Gasteiger partial charge in [-0.05, 0) is 65.1 Å². The van der Waals surface area contributed by atoms with Gasteiger partial charge in [0.25, 0.3) is 0 Å². The zero-order valence-corrected chi connectivity index (χ0v) is 19.7. The van der Waals surface area contributed by atoms with Crippen LogP contribution in [0.1, 0.15) is 61.8 Å². The number of fused-ring (bicyclic) bond motifs is 2. The first kappa shape index (κ1) is 23.5. The summed E-state index contributed by atoms with van der Waals surface area (Å²) in [5, 5.41) is 0. The molecule has 0 unspecified atom stereocenters. The lowest BCUT2D eigenvalue weighted by Crippen LogP contribution is -2.27. The summed E-state index contributed by atoms with van der Waals surface area (Å²) in [6.45, 7) is 17.3. The van der Waals surface area contributed by atoms with Crippen molar-refractivity contribution in [3.05, 3.63) is 84.0 Å². The molecule has 0 saturated heterocycles. The van der Waals surface area contributed by atoms with Crippen molar-refractivity contribution in [2.24, 2.45) is 0 Å². The number of anilines is 2. The zero-order valence-electron chi connectivity index (χ0n) is 19.7. The topological polar surface area (TPSA) is 40.6 Å². The Morgan fingerprint density at radius 2 is 1.47 bits per heavy atom. The molecule has 0 aromatic heterocycles. The van der Waals surface area contributed by atoms with Crippen LogP contribution in [0, 0.1) is 0 Å². The van der Waals surface area contributed by atoms with Gasteiger partial charge in [-0.3, -0.25) is 9.59 Å². The lowest BCUT2D eigenvalue weighted by molar-refractivity contribution is -0.114. The quantitative estimate of drug-likeness (QED) is 0.578. The van der Waals surface area contributed by atoms with Gasteiger partial charge in [0.05, 0.1) is 5.69 Å². The maximum atomic E-state index is 11.8. The predicted molar refractivity (Wildman–Crippen MR) is 134 cm³/mol. The van der Waals surface area contributed by atoms with E-state index < -0.39 is 0 Å². The van der Waals surface area contributed by atoms with Gasteiger partial charge in [0.1, 0.15) is 0 Å². The second-order valence-electron chi connectivity index (χ2n) is 8.94. The monoisotopic (exact) mass is 430 g/mol. The Balaban J connectivity index is 0.000000181. The van der Waals surface area contributed by atoms with Crippen molar-refractivity contribution in [3.8, 4) is 0 Å². The van der Waals surface area contributed by atoms with Gasteiger partial charge in [-0.2, -0.15) is 0 Å². The highest BCUT2D eigenvalue weighted by molar-refractivity contribution is 6.03. The fourth-order valence-electron chi connectivity index (χ4n) is 4.38. The molecule has 32 heavy (non-hydrogen) atoms. The smallest absolute Gasteiger partial charge is 0.250 e.